The van der Waals surface area contributed by atoms with Crippen LogP contribution in [0, 0.1) is 0 Å². The number of hydrogen-bond donors (Lipinski definition) is 0. The Morgan fingerprint density at radius 2 is 2.29 bits per heavy atom. The third kappa shape index (κ3) is 2.84. The van der Waals surface area contributed by atoms with Crippen LogP contribution in [-0.4, -0.2) is 36.6 Å². The van der Waals surface area contributed by atoms with Crippen LogP contribution in [-0.2, 0) is 9.53 Å². The van der Waals surface area contributed by atoms with E-state index in [1.807, 2.05) is 6.08 Å². The SMILES string of the molecule is COC(=O)/C=C/CN1CCCC1(C)C. The summed E-state index contributed by atoms with van der Waals surface area (Å²) in [5.41, 5.74) is 0.278. The Hall–Kier alpha value is -0.830. The first kappa shape index (κ1) is 11.2. The summed E-state index contributed by atoms with van der Waals surface area (Å²) in [4.78, 5) is 13.2. The molecule has 0 aromatic heterocycles. The normalized spacial score (nSPS) is 21.6. The van der Waals surface area contributed by atoms with Crippen LogP contribution in [0.2, 0.25) is 0 Å². The van der Waals surface area contributed by atoms with Crippen molar-refractivity contribution in [1.82, 2.24) is 4.90 Å². The predicted octanol–water partition coefficient (Wildman–Crippen LogP) is 1.59. The van der Waals surface area contributed by atoms with Gasteiger partial charge < -0.3 is 4.74 Å². The Morgan fingerprint density at radius 1 is 1.57 bits per heavy atom. The van der Waals surface area contributed by atoms with E-state index in [9.17, 15) is 4.79 Å². The number of methoxy groups -OCH3 is 1. The third-order valence-electron chi connectivity index (χ3n) is 2.85. The molecule has 0 unspecified atom stereocenters. The van der Waals surface area contributed by atoms with Gasteiger partial charge in [-0.15, -0.1) is 0 Å². The van der Waals surface area contributed by atoms with Crippen LogP contribution >= 0.6 is 0 Å². The maximum atomic E-state index is 10.8. The van der Waals surface area contributed by atoms with Crippen molar-refractivity contribution in [2.24, 2.45) is 0 Å². The molecule has 0 bridgehead atoms. The minimum atomic E-state index is -0.276. The zero-order valence-electron chi connectivity index (χ0n) is 9.25. The van der Waals surface area contributed by atoms with Crippen molar-refractivity contribution in [2.75, 3.05) is 20.2 Å². The van der Waals surface area contributed by atoms with Gasteiger partial charge in [-0.05, 0) is 33.2 Å². The second kappa shape index (κ2) is 4.60. The maximum Gasteiger partial charge on any atom is 0.330 e. The highest BCUT2D eigenvalue weighted by Gasteiger charge is 2.30. The summed E-state index contributed by atoms with van der Waals surface area (Å²) in [5.74, 6) is -0.276. The summed E-state index contributed by atoms with van der Waals surface area (Å²) in [6, 6.07) is 0. The van der Waals surface area contributed by atoms with Crippen molar-refractivity contribution < 1.29 is 9.53 Å². The smallest absolute Gasteiger partial charge is 0.330 e. The Kier molecular flexibility index (Phi) is 3.69. The Morgan fingerprint density at radius 3 is 2.79 bits per heavy atom. The van der Waals surface area contributed by atoms with Gasteiger partial charge >= 0.3 is 5.97 Å². The van der Waals surface area contributed by atoms with Gasteiger partial charge in [0.05, 0.1) is 7.11 Å². The molecule has 0 aromatic carbocycles. The Balaban J connectivity index is 2.38. The summed E-state index contributed by atoms with van der Waals surface area (Å²) < 4.78 is 4.52. The Labute approximate surface area is 85.7 Å². The zero-order chi connectivity index (χ0) is 10.6. The second-order valence-corrected chi connectivity index (χ2v) is 4.29. The lowest BCUT2D eigenvalue weighted by Gasteiger charge is -2.30. The molecule has 1 aliphatic rings. The highest BCUT2D eigenvalue weighted by molar-refractivity contribution is 5.81. The van der Waals surface area contributed by atoms with Crippen LogP contribution in [0.5, 0.6) is 0 Å². The number of esters is 1. The summed E-state index contributed by atoms with van der Waals surface area (Å²) >= 11 is 0. The summed E-state index contributed by atoms with van der Waals surface area (Å²) in [6.45, 7) is 6.44. The molecule has 0 aliphatic carbocycles. The van der Waals surface area contributed by atoms with E-state index in [0.717, 1.165) is 13.1 Å². The molecule has 14 heavy (non-hydrogen) atoms. The van der Waals surface area contributed by atoms with E-state index in [1.165, 1.54) is 26.0 Å². The van der Waals surface area contributed by atoms with Crippen molar-refractivity contribution in [3.8, 4) is 0 Å². The van der Waals surface area contributed by atoms with Gasteiger partial charge in [0, 0.05) is 18.2 Å². The standard InChI is InChI=1S/C11H19NO2/c1-11(2)7-5-9-12(11)8-4-6-10(13)14-3/h4,6H,5,7-9H2,1-3H3/b6-4+. The monoisotopic (exact) mass is 197 g/mol. The minimum Gasteiger partial charge on any atom is -0.466 e. The summed E-state index contributed by atoms with van der Waals surface area (Å²) in [6.07, 6.45) is 5.85. The molecule has 0 spiro atoms. The molecule has 1 fully saturated rings. The van der Waals surface area contributed by atoms with E-state index in [0.29, 0.717) is 0 Å². The number of nitrogens with zero attached hydrogens (tertiary/aromatic N) is 1. The number of hydrogen-bond acceptors (Lipinski definition) is 3. The number of ether oxygens (including phenoxy) is 1. The molecule has 1 rings (SSSR count). The van der Waals surface area contributed by atoms with Crippen molar-refractivity contribution >= 4 is 5.97 Å². The lowest BCUT2D eigenvalue weighted by atomic mass is 10.0. The van der Waals surface area contributed by atoms with E-state index in [1.54, 1.807) is 0 Å². The van der Waals surface area contributed by atoms with Crippen molar-refractivity contribution in [3.05, 3.63) is 12.2 Å². The van der Waals surface area contributed by atoms with Gasteiger partial charge in [0.15, 0.2) is 0 Å². The molecule has 3 heteroatoms. The molecule has 0 aromatic rings. The lowest BCUT2D eigenvalue weighted by molar-refractivity contribution is -0.134. The van der Waals surface area contributed by atoms with Crippen LogP contribution in [0.15, 0.2) is 12.2 Å². The topological polar surface area (TPSA) is 29.5 Å². The van der Waals surface area contributed by atoms with Gasteiger partial charge in [-0.1, -0.05) is 6.08 Å². The quantitative estimate of drug-likeness (QED) is 0.508. The fourth-order valence-corrected chi connectivity index (χ4v) is 1.85. The van der Waals surface area contributed by atoms with Crippen LogP contribution in [0.3, 0.4) is 0 Å². The number of carbonyl (C=O) groups excluding carboxylic acids is 1. The maximum absolute atomic E-state index is 10.8. The van der Waals surface area contributed by atoms with Crippen LogP contribution < -0.4 is 0 Å². The Bertz CT molecular complexity index is 233. The largest absolute Gasteiger partial charge is 0.466 e. The fraction of sp³-hybridized carbons (Fsp3) is 0.727. The van der Waals surface area contributed by atoms with Gasteiger partial charge in [-0.2, -0.15) is 0 Å². The van der Waals surface area contributed by atoms with Gasteiger partial charge in [0.2, 0.25) is 0 Å². The number of carbonyl (C=O) groups is 1. The highest BCUT2D eigenvalue weighted by atomic mass is 16.5. The average Bonchev–Trinajstić information content (AvgIpc) is 2.45. The lowest BCUT2D eigenvalue weighted by Crippen LogP contribution is -2.38. The molecular weight excluding hydrogens is 178 g/mol. The molecule has 0 amide bonds. The zero-order valence-corrected chi connectivity index (χ0v) is 9.25. The fourth-order valence-electron chi connectivity index (χ4n) is 1.85. The molecule has 0 N–H and O–H groups in total. The molecule has 80 valence electrons. The molecule has 1 saturated heterocycles. The molecule has 0 radical (unpaired) electrons. The van der Waals surface area contributed by atoms with Gasteiger partial charge in [0.1, 0.15) is 0 Å². The third-order valence-corrected chi connectivity index (χ3v) is 2.85. The van der Waals surface area contributed by atoms with Crippen LogP contribution in [0.25, 0.3) is 0 Å². The molecule has 1 aliphatic heterocycles. The predicted molar refractivity (Wildman–Crippen MR) is 56.0 cm³/mol. The van der Waals surface area contributed by atoms with Gasteiger partial charge in [-0.3, -0.25) is 4.90 Å². The van der Waals surface area contributed by atoms with E-state index in [2.05, 4.69) is 23.5 Å². The second-order valence-electron chi connectivity index (χ2n) is 4.29. The van der Waals surface area contributed by atoms with Crippen LogP contribution in [0.4, 0.5) is 0 Å². The van der Waals surface area contributed by atoms with Crippen molar-refractivity contribution in [3.63, 3.8) is 0 Å². The van der Waals surface area contributed by atoms with Crippen molar-refractivity contribution in [1.29, 1.82) is 0 Å². The molecule has 3 nitrogen and oxygen atoms in total. The van der Waals surface area contributed by atoms with E-state index in [-0.39, 0.29) is 11.5 Å². The van der Waals surface area contributed by atoms with Gasteiger partial charge in [-0.25, -0.2) is 4.79 Å². The van der Waals surface area contributed by atoms with Crippen LogP contribution in [0.1, 0.15) is 26.7 Å². The first-order chi connectivity index (χ1) is 6.56. The highest BCUT2D eigenvalue weighted by Crippen LogP contribution is 2.27. The first-order valence-corrected chi connectivity index (χ1v) is 5.06. The number of likely N-dealkylation sites (tertiary alicyclic amines) is 1. The van der Waals surface area contributed by atoms with Gasteiger partial charge in [0.25, 0.3) is 0 Å². The summed E-state index contributed by atoms with van der Waals surface area (Å²) in [5, 5.41) is 0. The molecule has 1 heterocycles. The average molecular weight is 197 g/mol. The molecule has 0 atom stereocenters. The first-order valence-electron chi connectivity index (χ1n) is 5.06. The van der Waals surface area contributed by atoms with E-state index in [4.69, 9.17) is 0 Å². The molecule has 0 saturated carbocycles. The number of rotatable bonds is 3. The molecular formula is C11H19NO2. The summed E-state index contributed by atoms with van der Waals surface area (Å²) in [7, 11) is 1.40. The van der Waals surface area contributed by atoms with E-state index >= 15 is 0 Å². The van der Waals surface area contributed by atoms with Crippen molar-refractivity contribution in [2.45, 2.75) is 32.2 Å². The minimum absolute atomic E-state index is 0.276. The van der Waals surface area contributed by atoms with E-state index < -0.39 is 0 Å².